The quantitative estimate of drug-likeness (QED) is 0.626. The summed E-state index contributed by atoms with van der Waals surface area (Å²) in [5, 5.41) is 6.22. The highest BCUT2D eigenvalue weighted by Crippen LogP contribution is 2.21. The van der Waals surface area contributed by atoms with Crippen molar-refractivity contribution in [3.05, 3.63) is 59.8 Å². The summed E-state index contributed by atoms with van der Waals surface area (Å²) in [5.74, 6) is 0.239. The van der Waals surface area contributed by atoms with E-state index in [1.165, 1.54) is 5.56 Å². The standard InChI is InChI=1S/C22H27N5O/c1-4-27(5-2)15-14-23-22(28)20-21(24-17-12-10-16(3)11-13-17)26-19-9-7-6-8-18(19)25-20/h6-13H,4-5,14-15H2,1-3H3,(H,23,28)(H,24,26). The molecule has 146 valence electrons. The third-order valence-electron chi connectivity index (χ3n) is 4.71. The lowest BCUT2D eigenvalue weighted by Gasteiger charge is -2.18. The van der Waals surface area contributed by atoms with E-state index in [2.05, 4.69) is 39.3 Å². The lowest BCUT2D eigenvalue weighted by Crippen LogP contribution is -2.35. The van der Waals surface area contributed by atoms with Gasteiger partial charge in [-0.25, -0.2) is 9.97 Å². The molecule has 0 spiro atoms. The van der Waals surface area contributed by atoms with E-state index in [0.717, 1.165) is 30.8 Å². The summed E-state index contributed by atoms with van der Waals surface area (Å²) < 4.78 is 0. The number of likely N-dealkylation sites (N-methyl/N-ethyl adjacent to an activating group) is 1. The molecule has 6 heteroatoms. The Morgan fingerprint density at radius 1 is 0.964 bits per heavy atom. The molecule has 0 aliphatic carbocycles. The van der Waals surface area contributed by atoms with Gasteiger partial charge in [-0.05, 0) is 44.3 Å². The number of aromatic nitrogens is 2. The Hall–Kier alpha value is -2.99. The molecular weight excluding hydrogens is 350 g/mol. The largest absolute Gasteiger partial charge is 0.349 e. The minimum Gasteiger partial charge on any atom is -0.349 e. The summed E-state index contributed by atoms with van der Waals surface area (Å²) in [6.07, 6.45) is 0. The van der Waals surface area contributed by atoms with Crippen LogP contribution in [0.2, 0.25) is 0 Å². The lowest BCUT2D eigenvalue weighted by molar-refractivity contribution is 0.0945. The zero-order valence-corrected chi connectivity index (χ0v) is 16.7. The molecule has 0 bridgehead atoms. The van der Waals surface area contributed by atoms with Crippen molar-refractivity contribution in [1.29, 1.82) is 0 Å². The minimum atomic E-state index is -0.222. The average Bonchev–Trinajstić information content (AvgIpc) is 2.72. The number of para-hydroxylation sites is 2. The fourth-order valence-corrected chi connectivity index (χ4v) is 2.97. The predicted molar refractivity (Wildman–Crippen MR) is 114 cm³/mol. The second kappa shape index (κ2) is 9.28. The Bertz CT molecular complexity index is 935. The summed E-state index contributed by atoms with van der Waals surface area (Å²) in [5.41, 5.74) is 3.79. The smallest absolute Gasteiger partial charge is 0.273 e. The topological polar surface area (TPSA) is 70.2 Å². The molecule has 0 radical (unpaired) electrons. The number of amides is 1. The number of nitrogens with zero attached hydrogens (tertiary/aromatic N) is 3. The van der Waals surface area contributed by atoms with Crippen molar-refractivity contribution >= 4 is 28.4 Å². The van der Waals surface area contributed by atoms with Crippen molar-refractivity contribution in [2.45, 2.75) is 20.8 Å². The number of rotatable bonds is 8. The van der Waals surface area contributed by atoms with Gasteiger partial charge < -0.3 is 15.5 Å². The fourth-order valence-electron chi connectivity index (χ4n) is 2.97. The van der Waals surface area contributed by atoms with Crippen molar-refractivity contribution in [1.82, 2.24) is 20.2 Å². The Morgan fingerprint density at radius 2 is 1.61 bits per heavy atom. The van der Waals surface area contributed by atoms with Crippen LogP contribution in [0, 0.1) is 6.92 Å². The number of hydrogen-bond acceptors (Lipinski definition) is 5. The maximum Gasteiger partial charge on any atom is 0.273 e. The molecule has 3 aromatic rings. The highest BCUT2D eigenvalue weighted by Gasteiger charge is 2.17. The molecule has 0 unspecified atom stereocenters. The van der Waals surface area contributed by atoms with Crippen LogP contribution < -0.4 is 10.6 Å². The summed E-state index contributed by atoms with van der Waals surface area (Å²) in [4.78, 5) is 24.3. The van der Waals surface area contributed by atoms with Crippen LogP contribution in [-0.4, -0.2) is 47.0 Å². The predicted octanol–water partition coefficient (Wildman–Crippen LogP) is 3.75. The van der Waals surface area contributed by atoms with Gasteiger partial charge >= 0.3 is 0 Å². The van der Waals surface area contributed by atoms with Crippen molar-refractivity contribution in [3.8, 4) is 0 Å². The number of carbonyl (C=O) groups excluding carboxylic acids is 1. The van der Waals surface area contributed by atoms with Crippen LogP contribution in [0.3, 0.4) is 0 Å². The molecule has 2 aromatic carbocycles. The number of benzene rings is 2. The molecule has 1 amide bonds. The molecule has 6 nitrogen and oxygen atoms in total. The second-order valence-corrected chi connectivity index (χ2v) is 6.68. The van der Waals surface area contributed by atoms with Gasteiger partial charge in [-0.15, -0.1) is 0 Å². The Morgan fingerprint density at radius 3 is 2.25 bits per heavy atom. The van der Waals surface area contributed by atoms with Crippen LogP contribution in [0.1, 0.15) is 29.9 Å². The van der Waals surface area contributed by atoms with Crippen LogP contribution in [0.25, 0.3) is 11.0 Å². The van der Waals surface area contributed by atoms with Crippen LogP contribution in [0.4, 0.5) is 11.5 Å². The Kier molecular flexibility index (Phi) is 6.55. The number of hydrogen-bond donors (Lipinski definition) is 2. The summed E-state index contributed by atoms with van der Waals surface area (Å²) >= 11 is 0. The normalized spacial score (nSPS) is 11.0. The van der Waals surface area contributed by atoms with Crippen LogP contribution in [0.5, 0.6) is 0 Å². The summed E-state index contributed by atoms with van der Waals surface area (Å²) in [6.45, 7) is 9.56. The number of nitrogens with one attached hydrogen (secondary N) is 2. The molecule has 28 heavy (non-hydrogen) atoms. The molecule has 3 rings (SSSR count). The zero-order valence-electron chi connectivity index (χ0n) is 16.7. The minimum absolute atomic E-state index is 0.222. The fraction of sp³-hybridized carbons (Fsp3) is 0.318. The molecule has 0 saturated carbocycles. The Balaban J connectivity index is 1.85. The van der Waals surface area contributed by atoms with E-state index in [-0.39, 0.29) is 5.91 Å². The number of carbonyl (C=O) groups is 1. The van der Waals surface area contributed by atoms with Gasteiger partial charge in [0.15, 0.2) is 11.5 Å². The number of fused-ring (bicyclic) bond motifs is 1. The van der Waals surface area contributed by atoms with E-state index in [9.17, 15) is 4.79 Å². The first kappa shape index (κ1) is 19.8. The SMILES string of the molecule is CCN(CC)CCNC(=O)c1nc2ccccc2nc1Nc1ccc(C)cc1. The van der Waals surface area contributed by atoms with Crippen molar-refractivity contribution in [3.63, 3.8) is 0 Å². The van der Waals surface area contributed by atoms with E-state index in [0.29, 0.717) is 23.6 Å². The number of anilines is 2. The molecule has 1 heterocycles. The monoisotopic (exact) mass is 377 g/mol. The molecule has 0 aliphatic rings. The van der Waals surface area contributed by atoms with Gasteiger partial charge in [0.1, 0.15) is 0 Å². The van der Waals surface area contributed by atoms with E-state index in [4.69, 9.17) is 0 Å². The van der Waals surface area contributed by atoms with Crippen LogP contribution >= 0.6 is 0 Å². The van der Waals surface area contributed by atoms with Crippen LogP contribution in [0.15, 0.2) is 48.5 Å². The van der Waals surface area contributed by atoms with Gasteiger partial charge in [0.05, 0.1) is 11.0 Å². The van der Waals surface area contributed by atoms with E-state index >= 15 is 0 Å². The second-order valence-electron chi connectivity index (χ2n) is 6.68. The maximum atomic E-state index is 12.8. The van der Waals surface area contributed by atoms with Gasteiger partial charge in [-0.3, -0.25) is 4.79 Å². The van der Waals surface area contributed by atoms with E-state index < -0.39 is 0 Å². The van der Waals surface area contributed by atoms with Crippen molar-refractivity contribution in [2.75, 3.05) is 31.5 Å². The van der Waals surface area contributed by atoms with Gasteiger partial charge in [-0.2, -0.15) is 0 Å². The first-order valence-corrected chi connectivity index (χ1v) is 9.71. The molecular formula is C22H27N5O. The molecule has 2 N–H and O–H groups in total. The lowest BCUT2D eigenvalue weighted by atomic mass is 10.2. The van der Waals surface area contributed by atoms with E-state index in [1.807, 2.05) is 55.5 Å². The van der Waals surface area contributed by atoms with Crippen molar-refractivity contribution in [2.24, 2.45) is 0 Å². The van der Waals surface area contributed by atoms with Crippen LogP contribution in [-0.2, 0) is 0 Å². The summed E-state index contributed by atoms with van der Waals surface area (Å²) in [7, 11) is 0. The number of aryl methyl sites for hydroxylation is 1. The van der Waals surface area contributed by atoms with Gasteiger partial charge in [-0.1, -0.05) is 43.7 Å². The first-order valence-electron chi connectivity index (χ1n) is 9.71. The highest BCUT2D eigenvalue weighted by atomic mass is 16.1. The Labute approximate surface area is 166 Å². The third-order valence-corrected chi connectivity index (χ3v) is 4.71. The maximum absolute atomic E-state index is 12.8. The molecule has 1 aromatic heterocycles. The molecule has 0 saturated heterocycles. The molecule has 0 atom stereocenters. The zero-order chi connectivity index (χ0) is 19.9. The highest BCUT2D eigenvalue weighted by molar-refractivity contribution is 5.99. The summed E-state index contributed by atoms with van der Waals surface area (Å²) in [6, 6.07) is 15.5. The van der Waals surface area contributed by atoms with Gasteiger partial charge in [0.2, 0.25) is 0 Å². The van der Waals surface area contributed by atoms with Gasteiger partial charge in [0.25, 0.3) is 5.91 Å². The average molecular weight is 377 g/mol. The van der Waals surface area contributed by atoms with Gasteiger partial charge in [0, 0.05) is 18.8 Å². The molecule has 0 fully saturated rings. The third kappa shape index (κ3) is 4.84. The molecule has 0 aliphatic heterocycles. The first-order chi connectivity index (χ1) is 13.6. The van der Waals surface area contributed by atoms with Crippen molar-refractivity contribution < 1.29 is 4.79 Å². The van der Waals surface area contributed by atoms with E-state index in [1.54, 1.807) is 0 Å².